The minimum absolute atomic E-state index is 0.0737. The van der Waals surface area contributed by atoms with Gasteiger partial charge in [-0.3, -0.25) is 4.79 Å². The molecule has 3 aromatic rings. The van der Waals surface area contributed by atoms with Gasteiger partial charge < -0.3 is 14.0 Å². The third-order valence-electron chi connectivity index (χ3n) is 4.47. The summed E-state index contributed by atoms with van der Waals surface area (Å²) in [5, 5.41) is 0.697. The average Bonchev–Trinajstić information content (AvgIpc) is 3.00. The highest BCUT2D eigenvalue weighted by Crippen LogP contribution is 2.29. The second-order valence-electron chi connectivity index (χ2n) is 6.25. The largest absolute Gasteiger partial charge is 0.497 e. The van der Waals surface area contributed by atoms with Crippen molar-refractivity contribution in [1.82, 2.24) is 14.3 Å². The summed E-state index contributed by atoms with van der Waals surface area (Å²) in [5.41, 5.74) is 2.89. The summed E-state index contributed by atoms with van der Waals surface area (Å²) < 4.78 is 7.46. The Morgan fingerprint density at radius 1 is 1.27 bits per heavy atom. The van der Waals surface area contributed by atoms with Crippen LogP contribution in [0.3, 0.4) is 0 Å². The minimum Gasteiger partial charge on any atom is -0.497 e. The van der Waals surface area contributed by atoms with Crippen molar-refractivity contribution >= 4 is 23.0 Å². The number of amides is 1. The number of nitrogens with zero attached hydrogens (tertiary/aromatic N) is 3. The number of aryl methyl sites for hydroxylation is 1. The Kier molecular flexibility index (Phi) is 5.47. The van der Waals surface area contributed by atoms with E-state index in [2.05, 4.69) is 4.40 Å². The van der Waals surface area contributed by atoms with Gasteiger partial charge in [0.25, 0.3) is 0 Å². The number of fused-ring (bicyclic) bond motifs is 1. The number of pyridine rings is 1. The van der Waals surface area contributed by atoms with Gasteiger partial charge in [0.1, 0.15) is 11.6 Å². The molecule has 0 radical (unpaired) electrons. The molecule has 5 nitrogen and oxygen atoms in total. The van der Waals surface area contributed by atoms with Gasteiger partial charge in [0.15, 0.2) is 0 Å². The topological polar surface area (TPSA) is 46.8 Å². The quantitative estimate of drug-likeness (QED) is 0.656. The van der Waals surface area contributed by atoms with Crippen LogP contribution in [0.4, 0.5) is 0 Å². The van der Waals surface area contributed by atoms with E-state index in [0.29, 0.717) is 11.6 Å². The molecule has 0 aliphatic carbocycles. The molecule has 3 rings (SSSR count). The van der Waals surface area contributed by atoms with Crippen LogP contribution in [0.2, 0.25) is 5.02 Å². The van der Waals surface area contributed by atoms with Crippen molar-refractivity contribution in [2.24, 2.45) is 0 Å². The molecule has 0 atom stereocenters. The summed E-state index contributed by atoms with van der Waals surface area (Å²) in [7, 11) is 3.47. The maximum absolute atomic E-state index is 11.4. The van der Waals surface area contributed by atoms with Crippen LogP contribution in [0.25, 0.3) is 16.8 Å². The molecule has 0 aliphatic heterocycles. The first-order valence-electron chi connectivity index (χ1n) is 8.52. The standard InChI is InChI=1S/C20H22ClN3O2/c1-14(25)23(2)11-4-5-19-22-20(15-6-8-16(21)9-7-15)18-13-17(26-3)10-12-24(18)19/h6-10,12-13H,4-5,11H2,1-3H3. The molecule has 0 bridgehead atoms. The summed E-state index contributed by atoms with van der Waals surface area (Å²) in [4.78, 5) is 18.0. The zero-order valence-electron chi connectivity index (χ0n) is 15.2. The Morgan fingerprint density at radius 3 is 2.65 bits per heavy atom. The average molecular weight is 372 g/mol. The molecule has 136 valence electrons. The fourth-order valence-electron chi connectivity index (χ4n) is 2.88. The number of carbonyl (C=O) groups is 1. The summed E-state index contributed by atoms with van der Waals surface area (Å²) in [5.74, 6) is 1.82. The van der Waals surface area contributed by atoms with Crippen molar-refractivity contribution in [3.8, 4) is 17.0 Å². The smallest absolute Gasteiger partial charge is 0.219 e. The number of hydrogen-bond donors (Lipinski definition) is 0. The number of hydrogen-bond acceptors (Lipinski definition) is 3. The number of aromatic nitrogens is 2. The molecule has 1 amide bonds. The van der Waals surface area contributed by atoms with Gasteiger partial charge in [-0.15, -0.1) is 0 Å². The molecule has 6 heteroatoms. The number of ether oxygens (including phenoxy) is 1. The maximum Gasteiger partial charge on any atom is 0.219 e. The van der Waals surface area contributed by atoms with Crippen LogP contribution < -0.4 is 4.74 Å². The number of rotatable bonds is 6. The molecule has 1 aromatic carbocycles. The van der Waals surface area contributed by atoms with Crippen molar-refractivity contribution in [2.45, 2.75) is 19.8 Å². The lowest BCUT2D eigenvalue weighted by Crippen LogP contribution is -2.25. The number of benzene rings is 1. The monoisotopic (exact) mass is 371 g/mol. The summed E-state index contributed by atoms with van der Waals surface area (Å²) in [6.07, 6.45) is 3.60. The Bertz CT molecular complexity index is 919. The zero-order valence-corrected chi connectivity index (χ0v) is 16.0. The third-order valence-corrected chi connectivity index (χ3v) is 4.72. The lowest BCUT2D eigenvalue weighted by atomic mass is 10.1. The summed E-state index contributed by atoms with van der Waals surface area (Å²) in [6.45, 7) is 2.28. The fraction of sp³-hybridized carbons (Fsp3) is 0.300. The number of carbonyl (C=O) groups excluding carboxylic acids is 1. The Balaban J connectivity index is 1.96. The first-order valence-corrected chi connectivity index (χ1v) is 8.90. The number of imidazole rings is 1. The third kappa shape index (κ3) is 3.83. The Morgan fingerprint density at radius 2 is 2.00 bits per heavy atom. The zero-order chi connectivity index (χ0) is 18.7. The lowest BCUT2D eigenvalue weighted by Gasteiger charge is -2.13. The first-order chi connectivity index (χ1) is 12.5. The molecule has 2 heterocycles. The van der Waals surface area contributed by atoms with Gasteiger partial charge in [-0.1, -0.05) is 23.7 Å². The highest BCUT2D eigenvalue weighted by molar-refractivity contribution is 6.30. The molecule has 0 N–H and O–H groups in total. The van der Waals surface area contributed by atoms with E-state index >= 15 is 0 Å². The van der Waals surface area contributed by atoms with Gasteiger partial charge in [-0.25, -0.2) is 4.98 Å². The molecule has 0 saturated heterocycles. The fourth-order valence-corrected chi connectivity index (χ4v) is 3.01. The van der Waals surface area contributed by atoms with Crippen LogP contribution in [-0.4, -0.2) is 40.9 Å². The van der Waals surface area contributed by atoms with E-state index in [-0.39, 0.29) is 5.91 Å². The molecule has 26 heavy (non-hydrogen) atoms. The van der Waals surface area contributed by atoms with Crippen LogP contribution in [-0.2, 0) is 11.2 Å². The minimum atomic E-state index is 0.0737. The summed E-state index contributed by atoms with van der Waals surface area (Å²) >= 11 is 6.02. The van der Waals surface area contributed by atoms with E-state index in [1.54, 1.807) is 18.9 Å². The molecule has 0 fully saturated rings. The molecule has 0 aliphatic rings. The van der Waals surface area contributed by atoms with Crippen molar-refractivity contribution in [3.05, 3.63) is 53.4 Å². The van der Waals surface area contributed by atoms with Gasteiger partial charge in [-0.05, 0) is 24.6 Å². The predicted octanol–water partition coefficient (Wildman–Crippen LogP) is 4.07. The van der Waals surface area contributed by atoms with Crippen LogP contribution in [0.1, 0.15) is 19.2 Å². The Labute approximate surface area is 158 Å². The summed E-state index contributed by atoms with van der Waals surface area (Å²) in [6, 6.07) is 11.6. The normalized spacial score (nSPS) is 10.9. The predicted molar refractivity (Wildman–Crippen MR) is 104 cm³/mol. The van der Waals surface area contributed by atoms with Gasteiger partial charge >= 0.3 is 0 Å². The van der Waals surface area contributed by atoms with E-state index < -0.39 is 0 Å². The van der Waals surface area contributed by atoms with E-state index in [0.717, 1.165) is 41.2 Å². The molecule has 0 spiro atoms. The van der Waals surface area contributed by atoms with Crippen molar-refractivity contribution in [2.75, 3.05) is 20.7 Å². The molecule has 0 saturated carbocycles. The van der Waals surface area contributed by atoms with E-state index in [9.17, 15) is 4.79 Å². The van der Waals surface area contributed by atoms with Gasteiger partial charge in [0.2, 0.25) is 5.91 Å². The second-order valence-corrected chi connectivity index (χ2v) is 6.69. The van der Waals surface area contributed by atoms with E-state index in [1.165, 1.54) is 0 Å². The Hall–Kier alpha value is -2.53. The van der Waals surface area contributed by atoms with Crippen molar-refractivity contribution in [3.63, 3.8) is 0 Å². The van der Waals surface area contributed by atoms with E-state index in [4.69, 9.17) is 21.3 Å². The molecular weight excluding hydrogens is 350 g/mol. The van der Waals surface area contributed by atoms with Crippen LogP contribution >= 0.6 is 11.6 Å². The van der Waals surface area contributed by atoms with Crippen molar-refractivity contribution < 1.29 is 9.53 Å². The van der Waals surface area contributed by atoms with Crippen LogP contribution in [0, 0.1) is 0 Å². The number of methoxy groups -OCH3 is 1. The highest BCUT2D eigenvalue weighted by Gasteiger charge is 2.14. The van der Waals surface area contributed by atoms with Crippen molar-refractivity contribution in [1.29, 1.82) is 0 Å². The molecule has 0 unspecified atom stereocenters. The van der Waals surface area contributed by atoms with Crippen LogP contribution in [0.15, 0.2) is 42.6 Å². The van der Waals surface area contributed by atoms with Gasteiger partial charge in [0.05, 0.1) is 18.3 Å². The SMILES string of the molecule is COc1ccn2c(CCCN(C)C(C)=O)nc(-c3ccc(Cl)cc3)c2c1. The lowest BCUT2D eigenvalue weighted by molar-refractivity contribution is -0.127. The number of halogens is 1. The van der Waals surface area contributed by atoms with Gasteiger partial charge in [0, 0.05) is 49.8 Å². The maximum atomic E-state index is 11.4. The highest BCUT2D eigenvalue weighted by atomic mass is 35.5. The molecule has 2 aromatic heterocycles. The molecular formula is C20H22ClN3O2. The first kappa shape index (κ1) is 18.3. The van der Waals surface area contributed by atoms with Gasteiger partial charge in [-0.2, -0.15) is 0 Å². The second kappa shape index (κ2) is 7.79. The van der Waals surface area contributed by atoms with Crippen LogP contribution in [0.5, 0.6) is 5.75 Å². The van der Waals surface area contributed by atoms with E-state index in [1.807, 2.05) is 49.6 Å².